The molecule has 1 N–H and O–H groups in total. The number of carbonyl (C=O) groups excluding carboxylic acids is 3. The molecule has 1 aliphatic heterocycles. The second-order valence-corrected chi connectivity index (χ2v) is 8.07. The Morgan fingerprint density at radius 2 is 1.91 bits per heavy atom. The Labute approximate surface area is 185 Å². The molecule has 1 amide bonds. The lowest BCUT2D eigenvalue weighted by Crippen LogP contribution is -2.27. The minimum absolute atomic E-state index is 0.0265. The number of furan rings is 1. The molecule has 0 aliphatic carbocycles. The number of aromatic nitrogens is 1. The van der Waals surface area contributed by atoms with Crippen molar-refractivity contribution in [3.63, 3.8) is 0 Å². The molecule has 1 aliphatic rings. The zero-order valence-corrected chi connectivity index (χ0v) is 18.2. The number of H-pyrrole nitrogens is 1. The molecular formula is C24H26N2O6. The van der Waals surface area contributed by atoms with E-state index in [2.05, 4.69) is 4.98 Å². The summed E-state index contributed by atoms with van der Waals surface area (Å²) in [6, 6.07) is 8.76. The number of carbonyl (C=O) groups is 3. The number of esters is 1. The highest BCUT2D eigenvalue weighted by molar-refractivity contribution is 6.02. The number of Topliss-reactive ketones (excluding diaryl/α,β-unsaturated/α-hetero) is 1. The first-order valence-electron chi connectivity index (χ1n) is 10.7. The van der Waals surface area contributed by atoms with Gasteiger partial charge in [-0.25, -0.2) is 4.79 Å². The number of aromatic amines is 1. The van der Waals surface area contributed by atoms with Crippen LogP contribution in [0.15, 0.2) is 40.9 Å². The summed E-state index contributed by atoms with van der Waals surface area (Å²) in [6.45, 7) is 4.97. The number of fused-ring (bicyclic) bond motifs is 1. The van der Waals surface area contributed by atoms with Crippen LogP contribution in [-0.2, 0) is 16.1 Å². The van der Waals surface area contributed by atoms with E-state index in [0.717, 1.165) is 31.3 Å². The average molecular weight is 438 g/mol. The molecular weight excluding hydrogens is 412 g/mol. The average Bonchev–Trinajstić information content (AvgIpc) is 3.54. The number of hydrogen-bond acceptors (Lipinski definition) is 6. The van der Waals surface area contributed by atoms with E-state index >= 15 is 0 Å². The van der Waals surface area contributed by atoms with Crippen molar-refractivity contribution < 1.29 is 28.3 Å². The fraction of sp³-hybridized carbons (Fsp3) is 0.375. The molecule has 1 aromatic carbocycles. The van der Waals surface area contributed by atoms with Crippen LogP contribution in [0.3, 0.4) is 0 Å². The maximum atomic E-state index is 12.7. The number of nitrogens with one attached hydrogen (secondary N) is 1. The Balaban J connectivity index is 1.43. The minimum Gasteiger partial charge on any atom is -0.451 e. The molecule has 168 valence electrons. The number of rotatable bonds is 8. The van der Waals surface area contributed by atoms with Gasteiger partial charge in [0, 0.05) is 35.8 Å². The van der Waals surface area contributed by atoms with Gasteiger partial charge >= 0.3 is 5.97 Å². The van der Waals surface area contributed by atoms with E-state index in [1.54, 1.807) is 11.0 Å². The summed E-state index contributed by atoms with van der Waals surface area (Å²) in [4.78, 5) is 42.3. The SMILES string of the molecule is CC(C)OCc1c(C(=O)OCC(=O)c2c[nH]c(C(=O)N3CCCC3)c2)oc2ccccc12. The number of amides is 1. The van der Waals surface area contributed by atoms with Crippen LogP contribution in [0.25, 0.3) is 11.0 Å². The lowest BCUT2D eigenvalue weighted by Gasteiger charge is -2.13. The van der Waals surface area contributed by atoms with Crippen LogP contribution < -0.4 is 0 Å². The van der Waals surface area contributed by atoms with Gasteiger partial charge in [-0.3, -0.25) is 9.59 Å². The third-order valence-corrected chi connectivity index (χ3v) is 5.41. The van der Waals surface area contributed by atoms with E-state index in [-0.39, 0.29) is 29.9 Å². The number of likely N-dealkylation sites (tertiary alicyclic amines) is 1. The fourth-order valence-electron chi connectivity index (χ4n) is 3.71. The first-order valence-corrected chi connectivity index (χ1v) is 10.7. The Bertz CT molecular complexity index is 1140. The molecule has 8 nitrogen and oxygen atoms in total. The maximum Gasteiger partial charge on any atom is 0.375 e. The van der Waals surface area contributed by atoms with E-state index in [4.69, 9.17) is 13.9 Å². The van der Waals surface area contributed by atoms with Crippen molar-refractivity contribution in [2.24, 2.45) is 0 Å². The summed E-state index contributed by atoms with van der Waals surface area (Å²) in [5, 5.41) is 0.766. The minimum atomic E-state index is -0.735. The molecule has 0 bridgehead atoms. The highest BCUT2D eigenvalue weighted by atomic mass is 16.5. The summed E-state index contributed by atoms with van der Waals surface area (Å²) >= 11 is 0. The summed E-state index contributed by atoms with van der Waals surface area (Å²) < 4.78 is 16.6. The lowest BCUT2D eigenvalue weighted by molar-refractivity contribution is 0.0423. The number of hydrogen-bond donors (Lipinski definition) is 1. The summed E-state index contributed by atoms with van der Waals surface area (Å²) in [5.74, 6) is -1.25. The van der Waals surface area contributed by atoms with Crippen molar-refractivity contribution in [3.05, 3.63) is 59.1 Å². The molecule has 0 radical (unpaired) electrons. The summed E-state index contributed by atoms with van der Waals surface area (Å²) in [7, 11) is 0. The van der Waals surface area contributed by atoms with Gasteiger partial charge in [0.05, 0.1) is 12.7 Å². The molecule has 3 aromatic rings. The Morgan fingerprint density at radius 1 is 1.16 bits per heavy atom. The quantitative estimate of drug-likeness (QED) is 0.422. The van der Waals surface area contributed by atoms with Gasteiger partial charge in [0.25, 0.3) is 5.91 Å². The second-order valence-electron chi connectivity index (χ2n) is 8.07. The molecule has 0 unspecified atom stereocenters. The zero-order chi connectivity index (χ0) is 22.7. The predicted molar refractivity (Wildman–Crippen MR) is 117 cm³/mol. The monoisotopic (exact) mass is 438 g/mol. The van der Waals surface area contributed by atoms with Gasteiger partial charge in [0.15, 0.2) is 6.61 Å². The van der Waals surface area contributed by atoms with Gasteiger partial charge in [-0.1, -0.05) is 18.2 Å². The van der Waals surface area contributed by atoms with E-state index in [9.17, 15) is 14.4 Å². The first-order chi connectivity index (χ1) is 15.4. The van der Waals surface area contributed by atoms with Crippen molar-refractivity contribution in [2.75, 3.05) is 19.7 Å². The number of para-hydroxylation sites is 1. The van der Waals surface area contributed by atoms with E-state index < -0.39 is 18.4 Å². The predicted octanol–water partition coefficient (Wildman–Crippen LogP) is 3.96. The molecule has 0 atom stereocenters. The Hall–Kier alpha value is -3.39. The normalized spacial score (nSPS) is 13.8. The van der Waals surface area contributed by atoms with Crippen LogP contribution in [0.5, 0.6) is 0 Å². The number of benzene rings is 1. The van der Waals surface area contributed by atoms with Gasteiger partial charge in [-0.15, -0.1) is 0 Å². The van der Waals surface area contributed by atoms with Crippen LogP contribution in [0.2, 0.25) is 0 Å². The zero-order valence-electron chi connectivity index (χ0n) is 18.2. The van der Waals surface area contributed by atoms with Crippen molar-refractivity contribution in [1.82, 2.24) is 9.88 Å². The summed E-state index contributed by atoms with van der Waals surface area (Å²) in [6.07, 6.45) is 3.41. The van der Waals surface area contributed by atoms with Crippen LogP contribution >= 0.6 is 0 Å². The third kappa shape index (κ3) is 4.60. The Kier molecular flexibility index (Phi) is 6.41. The van der Waals surface area contributed by atoms with Gasteiger partial charge < -0.3 is 23.8 Å². The van der Waals surface area contributed by atoms with Crippen molar-refractivity contribution >= 4 is 28.6 Å². The lowest BCUT2D eigenvalue weighted by atomic mass is 10.1. The molecule has 4 rings (SSSR count). The van der Waals surface area contributed by atoms with Crippen LogP contribution in [0, 0.1) is 0 Å². The second kappa shape index (κ2) is 9.40. The van der Waals surface area contributed by atoms with Gasteiger partial charge in [0.2, 0.25) is 11.5 Å². The molecule has 1 fully saturated rings. The van der Waals surface area contributed by atoms with Crippen molar-refractivity contribution in [3.8, 4) is 0 Å². The number of nitrogens with zero attached hydrogens (tertiary/aromatic N) is 1. The van der Waals surface area contributed by atoms with Crippen LogP contribution in [-0.4, -0.2) is 53.3 Å². The first kappa shape index (κ1) is 21.8. The molecule has 8 heteroatoms. The Morgan fingerprint density at radius 3 is 2.66 bits per heavy atom. The standard InChI is InChI=1S/C24H26N2O6/c1-15(2)30-13-18-17-7-3-4-8-21(17)32-22(18)24(29)31-14-20(27)16-11-19(25-12-16)23(28)26-9-5-6-10-26/h3-4,7-8,11-12,15,25H,5-6,9-10,13-14H2,1-2H3. The highest BCUT2D eigenvalue weighted by Gasteiger charge is 2.25. The molecule has 3 heterocycles. The number of ether oxygens (including phenoxy) is 2. The molecule has 32 heavy (non-hydrogen) atoms. The molecule has 0 spiro atoms. The van der Waals surface area contributed by atoms with Gasteiger partial charge in [-0.2, -0.15) is 0 Å². The van der Waals surface area contributed by atoms with Gasteiger partial charge in [0.1, 0.15) is 11.3 Å². The van der Waals surface area contributed by atoms with Gasteiger partial charge in [-0.05, 0) is 38.8 Å². The molecule has 2 aromatic heterocycles. The smallest absolute Gasteiger partial charge is 0.375 e. The highest BCUT2D eigenvalue weighted by Crippen LogP contribution is 2.27. The van der Waals surface area contributed by atoms with E-state index in [0.29, 0.717) is 16.8 Å². The third-order valence-electron chi connectivity index (χ3n) is 5.41. The topological polar surface area (TPSA) is 102 Å². The summed E-state index contributed by atoms with van der Waals surface area (Å²) in [5.41, 5.74) is 1.77. The largest absolute Gasteiger partial charge is 0.451 e. The van der Waals surface area contributed by atoms with Crippen LogP contribution in [0.4, 0.5) is 0 Å². The van der Waals surface area contributed by atoms with Crippen LogP contribution in [0.1, 0.15) is 63.7 Å². The van der Waals surface area contributed by atoms with Crippen molar-refractivity contribution in [2.45, 2.75) is 39.4 Å². The molecule has 0 saturated carbocycles. The van der Waals surface area contributed by atoms with E-state index in [1.807, 2.05) is 32.0 Å². The van der Waals surface area contributed by atoms with E-state index in [1.165, 1.54) is 12.3 Å². The molecule has 1 saturated heterocycles. The fourth-order valence-corrected chi connectivity index (χ4v) is 3.71. The van der Waals surface area contributed by atoms with Crippen molar-refractivity contribution in [1.29, 1.82) is 0 Å². The maximum absolute atomic E-state index is 12.7. The number of ketones is 1.